The van der Waals surface area contributed by atoms with Gasteiger partial charge in [0.15, 0.2) is 0 Å². The van der Waals surface area contributed by atoms with Crippen LogP contribution >= 0.6 is 11.8 Å². The molecule has 0 radical (unpaired) electrons. The van der Waals surface area contributed by atoms with Crippen molar-refractivity contribution < 1.29 is 44.1 Å². The van der Waals surface area contributed by atoms with Crippen molar-refractivity contribution in [1.29, 1.82) is 0 Å². The molecule has 0 heterocycles. The highest BCUT2D eigenvalue weighted by Gasteiger charge is 2.31. The number of rotatable bonds is 17. The van der Waals surface area contributed by atoms with Crippen molar-refractivity contribution in [2.24, 2.45) is 11.7 Å². The van der Waals surface area contributed by atoms with Gasteiger partial charge in [-0.25, -0.2) is 4.79 Å². The van der Waals surface area contributed by atoms with Gasteiger partial charge in [-0.05, 0) is 37.2 Å². The first-order valence-electron chi connectivity index (χ1n) is 10.6. The average molecular weight is 507 g/mol. The Hall–Kier alpha value is -2.87. The third-order valence-corrected chi connectivity index (χ3v) is 5.40. The summed E-state index contributed by atoms with van der Waals surface area (Å²) in [5, 5.41) is 34.0. The number of carbonyl (C=O) groups excluding carboxylic acids is 3. The van der Waals surface area contributed by atoms with E-state index in [1.165, 1.54) is 11.8 Å². The van der Waals surface area contributed by atoms with Crippen LogP contribution in [0.15, 0.2) is 0 Å². The summed E-state index contributed by atoms with van der Waals surface area (Å²) in [6.07, 6.45) is 0.678. The summed E-state index contributed by atoms with van der Waals surface area (Å²) in [4.78, 5) is 70.7. The molecule has 4 atom stereocenters. The number of thioether (sulfide) groups is 1. The zero-order valence-electron chi connectivity index (χ0n) is 19.4. The van der Waals surface area contributed by atoms with Crippen LogP contribution < -0.4 is 21.7 Å². The topological polar surface area (TPSA) is 225 Å². The standard InChI is InChI=1S/C20H34N4O9S/c1-10(2)16(24-17(29)11(21)4-6-14(25)26)19(31)22-12(8-9-34-3)18(30)23-13(20(32)33)5-7-15(27)28/h10-13,16H,4-9,21H2,1-3H3,(H,22,31)(H,23,30)(H,24,29)(H,25,26)(H,27,28)(H,32,33). The first-order chi connectivity index (χ1) is 15.8. The second kappa shape index (κ2) is 15.9. The monoisotopic (exact) mass is 506 g/mol. The Kier molecular flexibility index (Phi) is 14.5. The lowest BCUT2D eigenvalue weighted by Gasteiger charge is -2.27. The van der Waals surface area contributed by atoms with E-state index < -0.39 is 72.1 Å². The van der Waals surface area contributed by atoms with Gasteiger partial charge in [0, 0.05) is 12.8 Å². The minimum absolute atomic E-state index is 0.126. The number of hydrogen-bond donors (Lipinski definition) is 7. The molecule has 4 unspecified atom stereocenters. The van der Waals surface area contributed by atoms with Gasteiger partial charge in [-0.2, -0.15) is 11.8 Å². The quantitative estimate of drug-likeness (QED) is 0.126. The van der Waals surface area contributed by atoms with Gasteiger partial charge in [0.05, 0.1) is 6.04 Å². The fourth-order valence-electron chi connectivity index (χ4n) is 2.77. The maximum atomic E-state index is 12.9. The van der Waals surface area contributed by atoms with E-state index in [1.54, 1.807) is 20.1 Å². The molecule has 8 N–H and O–H groups in total. The Morgan fingerprint density at radius 1 is 0.765 bits per heavy atom. The Balaban J connectivity index is 5.36. The summed E-state index contributed by atoms with van der Waals surface area (Å²) in [7, 11) is 0. The highest BCUT2D eigenvalue weighted by atomic mass is 32.2. The number of carboxylic acids is 3. The molecule has 194 valence electrons. The third kappa shape index (κ3) is 12.4. The lowest BCUT2D eigenvalue weighted by atomic mass is 10.0. The smallest absolute Gasteiger partial charge is 0.326 e. The Bertz CT molecular complexity index is 748. The molecule has 13 nitrogen and oxygen atoms in total. The van der Waals surface area contributed by atoms with Crippen molar-refractivity contribution in [3.8, 4) is 0 Å². The highest BCUT2D eigenvalue weighted by molar-refractivity contribution is 7.98. The van der Waals surface area contributed by atoms with Crippen LogP contribution in [-0.2, 0) is 28.8 Å². The molecule has 0 saturated carbocycles. The van der Waals surface area contributed by atoms with Crippen molar-refractivity contribution in [3.63, 3.8) is 0 Å². The number of nitrogens with two attached hydrogens (primary N) is 1. The van der Waals surface area contributed by atoms with Crippen LogP contribution in [-0.4, -0.2) is 87.1 Å². The van der Waals surface area contributed by atoms with Gasteiger partial charge in [0.1, 0.15) is 18.1 Å². The predicted molar refractivity (Wildman–Crippen MR) is 123 cm³/mol. The van der Waals surface area contributed by atoms with E-state index >= 15 is 0 Å². The highest BCUT2D eigenvalue weighted by Crippen LogP contribution is 2.08. The normalized spacial score (nSPS) is 14.4. The molecule has 3 amide bonds. The summed E-state index contributed by atoms with van der Waals surface area (Å²) in [6.45, 7) is 3.30. The molecule has 0 fully saturated rings. The Labute approximate surface area is 201 Å². The minimum Gasteiger partial charge on any atom is -0.481 e. The van der Waals surface area contributed by atoms with E-state index in [-0.39, 0.29) is 25.7 Å². The molecule has 34 heavy (non-hydrogen) atoms. The van der Waals surface area contributed by atoms with Crippen LogP contribution in [0.1, 0.15) is 46.0 Å². The molecule has 0 spiro atoms. The van der Waals surface area contributed by atoms with Crippen LogP contribution in [0.25, 0.3) is 0 Å². The summed E-state index contributed by atoms with van der Waals surface area (Å²) < 4.78 is 0. The van der Waals surface area contributed by atoms with Crippen LogP contribution in [0.3, 0.4) is 0 Å². The van der Waals surface area contributed by atoms with E-state index in [2.05, 4.69) is 16.0 Å². The fraction of sp³-hybridized carbons (Fsp3) is 0.700. The third-order valence-electron chi connectivity index (χ3n) is 4.76. The molecular formula is C20H34N4O9S. The van der Waals surface area contributed by atoms with Gasteiger partial charge in [-0.1, -0.05) is 13.8 Å². The zero-order chi connectivity index (χ0) is 26.4. The van der Waals surface area contributed by atoms with Crippen LogP contribution in [0.5, 0.6) is 0 Å². The van der Waals surface area contributed by atoms with Crippen molar-refractivity contribution in [3.05, 3.63) is 0 Å². The van der Waals surface area contributed by atoms with Gasteiger partial charge in [0.2, 0.25) is 17.7 Å². The number of nitrogens with one attached hydrogen (secondary N) is 3. The predicted octanol–water partition coefficient (Wildman–Crippen LogP) is -1.01. The van der Waals surface area contributed by atoms with Gasteiger partial charge in [0.25, 0.3) is 0 Å². The molecule has 14 heteroatoms. The van der Waals surface area contributed by atoms with Crippen LogP contribution in [0.2, 0.25) is 0 Å². The summed E-state index contributed by atoms with van der Waals surface area (Å²) >= 11 is 1.39. The molecule has 0 aliphatic carbocycles. The largest absolute Gasteiger partial charge is 0.481 e. The molecule has 0 aromatic heterocycles. The Morgan fingerprint density at radius 2 is 1.29 bits per heavy atom. The lowest BCUT2D eigenvalue weighted by Crippen LogP contribution is -2.58. The van der Waals surface area contributed by atoms with E-state index in [1.807, 2.05) is 0 Å². The summed E-state index contributed by atoms with van der Waals surface area (Å²) in [5.74, 6) is -5.94. The van der Waals surface area contributed by atoms with E-state index in [0.29, 0.717) is 5.75 Å². The Morgan fingerprint density at radius 3 is 1.76 bits per heavy atom. The minimum atomic E-state index is -1.45. The number of amides is 3. The van der Waals surface area contributed by atoms with E-state index in [0.717, 1.165) is 0 Å². The van der Waals surface area contributed by atoms with Gasteiger partial charge in [-0.15, -0.1) is 0 Å². The maximum absolute atomic E-state index is 12.9. The van der Waals surface area contributed by atoms with Crippen molar-refractivity contribution in [1.82, 2.24) is 16.0 Å². The van der Waals surface area contributed by atoms with E-state index in [4.69, 9.17) is 15.9 Å². The average Bonchev–Trinajstić information content (AvgIpc) is 2.74. The molecule has 0 saturated heterocycles. The lowest BCUT2D eigenvalue weighted by molar-refractivity contribution is -0.143. The number of hydrogen-bond acceptors (Lipinski definition) is 8. The SMILES string of the molecule is CSCCC(NC(=O)C(NC(=O)C(N)CCC(=O)O)C(C)C)C(=O)NC(CCC(=O)O)C(=O)O. The van der Waals surface area contributed by atoms with E-state index in [9.17, 15) is 33.9 Å². The molecule has 0 aliphatic heterocycles. The van der Waals surface area contributed by atoms with Crippen molar-refractivity contribution in [2.45, 2.75) is 70.1 Å². The molecule has 0 aromatic carbocycles. The van der Waals surface area contributed by atoms with Gasteiger partial charge in [-0.3, -0.25) is 24.0 Å². The van der Waals surface area contributed by atoms with Crippen LogP contribution in [0, 0.1) is 5.92 Å². The summed E-state index contributed by atoms with van der Waals surface area (Å²) in [6, 6.07) is -4.82. The zero-order valence-corrected chi connectivity index (χ0v) is 20.2. The van der Waals surface area contributed by atoms with Crippen molar-refractivity contribution >= 4 is 47.4 Å². The number of carbonyl (C=O) groups is 6. The maximum Gasteiger partial charge on any atom is 0.326 e. The molecule has 0 aromatic rings. The first-order valence-corrected chi connectivity index (χ1v) is 12.0. The number of carboxylic acid groups (broad SMARTS) is 3. The first kappa shape index (κ1) is 31.1. The van der Waals surface area contributed by atoms with Gasteiger partial charge >= 0.3 is 17.9 Å². The van der Waals surface area contributed by atoms with Gasteiger partial charge < -0.3 is 37.0 Å². The molecule has 0 aliphatic rings. The molecule has 0 bridgehead atoms. The molecule has 0 rings (SSSR count). The fourth-order valence-corrected chi connectivity index (χ4v) is 3.24. The summed E-state index contributed by atoms with van der Waals surface area (Å²) in [5.41, 5.74) is 5.69. The van der Waals surface area contributed by atoms with Crippen molar-refractivity contribution in [2.75, 3.05) is 12.0 Å². The number of aliphatic carboxylic acids is 3. The van der Waals surface area contributed by atoms with Crippen LogP contribution in [0.4, 0.5) is 0 Å². The second-order valence-electron chi connectivity index (χ2n) is 7.94. The molecular weight excluding hydrogens is 472 g/mol. The second-order valence-corrected chi connectivity index (χ2v) is 8.93.